The van der Waals surface area contributed by atoms with Gasteiger partial charge in [0.05, 0.1) is 6.61 Å². The third kappa shape index (κ3) is 5.13. The van der Waals surface area contributed by atoms with Gasteiger partial charge in [0.1, 0.15) is 5.75 Å². The Kier molecular flexibility index (Phi) is 7.37. The molecule has 2 rings (SSSR count). The Hall–Kier alpha value is -1.75. The summed E-state index contributed by atoms with van der Waals surface area (Å²) in [6, 6.07) is 8.11. The van der Waals surface area contributed by atoms with Gasteiger partial charge in [-0.25, -0.2) is 0 Å². The van der Waals surface area contributed by atoms with E-state index in [1.165, 1.54) is 19.3 Å². The van der Waals surface area contributed by atoms with Crippen molar-refractivity contribution in [3.05, 3.63) is 29.8 Å². The van der Waals surface area contributed by atoms with Crippen LogP contribution in [-0.4, -0.2) is 39.9 Å². The molecule has 24 heavy (non-hydrogen) atoms. The predicted molar refractivity (Wildman–Crippen MR) is 98.6 cm³/mol. The van der Waals surface area contributed by atoms with Crippen molar-refractivity contribution in [2.24, 2.45) is 10.4 Å². The summed E-state index contributed by atoms with van der Waals surface area (Å²) in [6.07, 6.45) is 4.97. The van der Waals surface area contributed by atoms with Gasteiger partial charge in [0, 0.05) is 39.4 Å². The van der Waals surface area contributed by atoms with Crippen LogP contribution in [0.25, 0.3) is 0 Å². The molecule has 1 aromatic carbocycles. The summed E-state index contributed by atoms with van der Waals surface area (Å²) in [5.41, 5.74) is 1.51. The Bertz CT molecular complexity index is 527. The van der Waals surface area contributed by atoms with Crippen molar-refractivity contribution in [1.82, 2.24) is 10.6 Å². The van der Waals surface area contributed by atoms with Gasteiger partial charge in [-0.15, -0.1) is 0 Å². The molecule has 1 saturated carbocycles. The molecule has 134 valence electrons. The second-order valence-electron chi connectivity index (χ2n) is 6.42. The molecule has 1 aromatic rings. The summed E-state index contributed by atoms with van der Waals surface area (Å²) < 4.78 is 10.9. The summed E-state index contributed by atoms with van der Waals surface area (Å²) in [6.45, 7) is 5.15. The van der Waals surface area contributed by atoms with E-state index in [1.807, 2.05) is 32.2 Å². The molecule has 2 N–H and O–H groups in total. The van der Waals surface area contributed by atoms with Crippen LogP contribution < -0.4 is 15.4 Å². The van der Waals surface area contributed by atoms with Crippen molar-refractivity contribution in [3.8, 4) is 5.75 Å². The average molecular weight is 333 g/mol. The SMILES string of the molecule is CCOc1ccccc1CNC(=NC)NCC1(CCOC)CCC1. The van der Waals surface area contributed by atoms with Crippen LogP contribution in [0.2, 0.25) is 0 Å². The number of benzene rings is 1. The number of aliphatic imine (C=N–C) groups is 1. The quantitative estimate of drug-likeness (QED) is 0.539. The topological polar surface area (TPSA) is 54.9 Å². The predicted octanol–water partition coefficient (Wildman–Crippen LogP) is 2.96. The molecule has 1 aliphatic rings. The monoisotopic (exact) mass is 333 g/mol. The van der Waals surface area contributed by atoms with E-state index >= 15 is 0 Å². The van der Waals surface area contributed by atoms with E-state index in [1.54, 1.807) is 7.11 Å². The van der Waals surface area contributed by atoms with Gasteiger partial charge in [-0.05, 0) is 37.7 Å². The first-order valence-corrected chi connectivity index (χ1v) is 8.87. The normalized spacial score (nSPS) is 16.4. The smallest absolute Gasteiger partial charge is 0.191 e. The zero-order valence-corrected chi connectivity index (χ0v) is 15.2. The molecule has 0 amide bonds. The maximum absolute atomic E-state index is 5.67. The molecule has 1 fully saturated rings. The number of guanidine groups is 1. The molecule has 0 saturated heterocycles. The van der Waals surface area contributed by atoms with Crippen LogP contribution in [0, 0.1) is 5.41 Å². The largest absolute Gasteiger partial charge is 0.494 e. The van der Waals surface area contributed by atoms with Gasteiger partial charge in [0.2, 0.25) is 0 Å². The molecule has 0 unspecified atom stereocenters. The highest BCUT2D eigenvalue weighted by Gasteiger charge is 2.36. The Labute approximate surface area is 145 Å². The van der Waals surface area contributed by atoms with Gasteiger partial charge in [-0.2, -0.15) is 0 Å². The standard InChI is InChI=1S/C19H31N3O2/c1-4-24-17-9-6-5-8-16(17)14-21-18(20-2)22-15-19(10-7-11-19)12-13-23-3/h5-6,8-9H,4,7,10-15H2,1-3H3,(H2,20,21,22). The molecule has 5 heteroatoms. The lowest BCUT2D eigenvalue weighted by Crippen LogP contribution is -2.46. The van der Waals surface area contributed by atoms with Gasteiger partial charge < -0.3 is 20.1 Å². The lowest BCUT2D eigenvalue weighted by molar-refractivity contribution is 0.0732. The highest BCUT2D eigenvalue weighted by Crippen LogP contribution is 2.43. The zero-order chi connectivity index (χ0) is 17.3. The first-order chi connectivity index (χ1) is 11.7. The molecule has 0 bridgehead atoms. The molecule has 1 aliphatic carbocycles. The van der Waals surface area contributed by atoms with Gasteiger partial charge in [-0.3, -0.25) is 4.99 Å². The molecule has 0 aliphatic heterocycles. The first kappa shape index (κ1) is 18.6. The Morgan fingerprint density at radius 3 is 2.67 bits per heavy atom. The average Bonchev–Trinajstić information content (AvgIpc) is 2.57. The van der Waals surface area contributed by atoms with Crippen molar-refractivity contribution >= 4 is 5.96 Å². The van der Waals surface area contributed by atoms with Crippen molar-refractivity contribution in [3.63, 3.8) is 0 Å². The summed E-state index contributed by atoms with van der Waals surface area (Å²) >= 11 is 0. The second-order valence-corrected chi connectivity index (χ2v) is 6.42. The van der Waals surface area contributed by atoms with Crippen LogP contribution in [0.1, 0.15) is 38.2 Å². The van der Waals surface area contributed by atoms with Gasteiger partial charge in [0.15, 0.2) is 5.96 Å². The van der Waals surface area contributed by atoms with Crippen LogP contribution in [0.3, 0.4) is 0 Å². The molecule has 0 radical (unpaired) electrons. The van der Waals surface area contributed by atoms with Gasteiger partial charge in [-0.1, -0.05) is 24.6 Å². The lowest BCUT2D eigenvalue weighted by atomic mass is 9.67. The van der Waals surface area contributed by atoms with Crippen molar-refractivity contribution in [1.29, 1.82) is 0 Å². The number of hydrogen-bond acceptors (Lipinski definition) is 3. The maximum atomic E-state index is 5.67. The number of hydrogen-bond donors (Lipinski definition) is 2. The molecular weight excluding hydrogens is 302 g/mol. The van der Waals surface area contributed by atoms with E-state index in [0.29, 0.717) is 18.6 Å². The molecule has 5 nitrogen and oxygen atoms in total. The van der Waals surface area contributed by atoms with Gasteiger partial charge in [0.25, 0.3) is 0 Å². The Morgan fingerprint density at radius 1 is 1.25 bits per heavy atom. The van der Waals surface area contributed by atoms with Crippen molar-refractivity contribution in [2.75, 3.05) is 33.9 Å². The summed E-state index contributed by atoms with van der Waals surface area (Å²) in [5, 5.41) is 6.87. The Balaban J connectivity index is 1.84. The highest BCUT2D eigenvalue weighted by molar-refractivity contribution is 5.79. The van der Waals surface area contributed by atoms with Crippen LogP contribution in [0.4, 0.5) is 0 Å². The Morgan fingerprint density at radius 2 is 2.04 bits per heavy atom. The summed E-state index contributed by atoms with van der Waals surface area (Å²) in [5.74, 6) is 1.77. The van der Waals surface area contributed by atoms with Crippen LogP contribution in [0.15, 0.2) is 29.3 Å². The van der Waals surface area contributed by atoms with E-state index in [-0.39, 0.29) is 0 Å². The van der Waals surface area contributed by atoms with Crippen LogP contribution >= 0.6 is 0 Å². The second kappa shape index (κ2) is 9.52. The molecule has 0 heterocycles. The number of nitrogens with one attached hydrogen (secondary N) is 2. The van der Waals surface area contributed by atoms with E-state index < -0.39 is 0 Å². The first-order valence-electron chi connectivity index (χ1n) is 8.87. The third-order valence-electron chi connectivity index (χ3n) is 4.82. The number of methoxy groups -OCH3 is 1. The van der Waals surface area contributed by atoms with Gasteiger partial charge >= 0.3 is 0 Å². The summed E-state index contributed by atoms with van der Waals surface area (Å²) in [7, 11) is 3.59. The fourth-order valence-electron chi connectivity index (χ4n) is 3.13. The number of nitrogens with zero attached hydrogens (tertiary/aromatic N) is 1. The van der Waals surface area contributed by atoms with Crippen molar-refractivity contribution < 1.29 is 9.47 Å². The fourth-order valence-corrected chi connectivity index (χ4v) is 3.13. The maximum Gasteiger partial charge on any atom is 0.191 e. The number of ether oxygens (including phenoxy) is 2. The van der Waals surface area contributed by atoms with E-state index in [9.17, 15) is 0 Å². The molecule has 0 aromatic heterocycles. The fraction of sp³-hybridized carbons (Fsp3) is 0.632. The third-order valence-corrected chi connectivity index (χ3v) is 4.82. The molecule has 0 atom stereocenters. The van der Waals surface area contributed by atoms with Crippen LogP contribution in [-0.2, 0) is 11.3 Å². The van der Waals surface area contributed by atoms with E-state index in [4.69, 9.17) is 9.47 Å². The molecule has 0 spiro atoms. The molecular formula is C19H31N3O2. The summed E-state index contributed by atoms with van der Waals surface area (Å²) in [4.78, 5) is 4.34. The minimum atomic E-state index is 0.372. The number of para-hydroxylation sites is 1. The number of rotatable bonds is 9. The van der Waals surface area contributed by atoms with E-state index in [0.717, 1.165) is 36.8 Å². The lowest BCUT2D eigenvalue weighted by Gasteiger charge is -2.42. The minimum Gasteiger partial charge on any atom is -0.494 e. The van der Waals surface area contributed by atoms with Crippen LogP contribution in [0.5, 0.6) is 5.75 Å². The minimum absolute atomic E-state index is 0.372. The van der Waals surface area contributed by atoms with Crippen molar-refractivity contribution in [2.45, 2.75) is 39.2 Å². The zero-order valence-electron chi connectivity index (χ0n) is 15.2. The highest BCUT2D eigenvalue weighted by atomic mass is 16.5. The van der Waals surface area contributed by atoms with E-state index in [2.05, 4.69) is 21.7 Å².